The van der Waals surface area contributed by atoms with Crippen molar-refractivity contribution in [2.24, 2.45) is 0 Å². The highest BCUT2D eigenvalue weighted by Gasteiger charge is 2.31. The van der Waals surface area contributed by atoms with E-state index < -0.39 is 0 Å². The number of thioether (sulfide) groups is 1. The Morgan fingerprint density at radius 2 is 1.65 bits per heavy atom. The highest BCUT2D eigenvalue weighted by Crippen LogP contribution is 2.32. The van der Waals surface area contributed by atoms with Crippen LogP contribution in [-0.4, -0.2) is 15.1 Å². The maximum Gasteiger partial charge on any atom is 0.266 e. The molecule has 1 heterocycles. The molecule has 0 atom stereocenters. The maximum absolute atomic E-state index is 12.5. The molecule has 2 aromatic carbocycles. The molecule has 0 bridgehead atoms. The van der Waals surface area contributed by atoms with E-state index >= 15 is 0 Å². The molecule has 23 heavy (non-hydrogen) atoms. The molecule has 0 unspecified atom stereocenters. The molecule has 114 valence electrons. The molecule has 4 heteroatoms. The SMILES string of the molecule is O=C1/C(=C\C=C\c2ccccc2)SC(=S)N1Cc1ccccc1. The molecule has 3 rings (SSSR count). The fourth-order valence-electron chi connectivity index (χ4n) is 2.23. The number of allylic oxidation sites excluding steroid dienone is 2. The maximum atomic E-state index is 12.5. The van der Waals surface area contributed by atoms with Crippen molar-refractivity contribution in [3.05, 3.63) is 88.8 Å². The zero-order valence-corrected chi connectivity index (χ0v) is 14.0. The summed E-state index contributed by atoms with van der Waals surface area (Å²) in [5.41, 5.74) is 2.17. The van der Waals surface area contributed by atoms with Crippen molar-refractivity contribution in [2.75, 3.05) is 0 Å². The minimum Gasteiger partial charge on any atom is -0.288 e. The third-order valence-electron chi connectivity index (χ3n) is 3.39. The van der Waals surface area contributed by atoms with Gasteiger partial charge in [-0.15, -0.1) is 0 Å². The first-order valence-corrected chi connectivity index (χ1v) is 8.47. The Bertz CT molecular complexity index is 766. The number of thiocarbonyl (C=S) groups is 1. The van der Waals surface area contributed by atoms with Gasteiger partial charge < -0.3 is 0 Å². The number of carbonyl (C=O) groups is 1. The summed E-state index contributed by atoms with van der Waals surface area (Å²) < 4.78 is 0.609. The highest BCUT2D eigenvalue weighted by molar-refractivity contribution is 8.26. The lowest BCUT2D eigenvalue weighted by atomic mass is 10.2. The summed E-state index contributed by atoms with van der Waals surface area (Å²) in [5, 5.41) is 0. The van der Waals surface area contributed by atoms with Gasteiger partial charge >= 0.3 is 0 Å². The van der Waals surface area contributed by atoms with Crippen LogP contribution in [-0.2, 0) is 11.3 Å². The van der Waals surface area contributed by atoms with Crippen LogP contribution in [0.2, 0.25) is 0 Å². The Kier molecular flexibility index (Phi) is 5.05. The monoisotopic (exact) mass is 337 g/mol. The van der Waals surface area contributed by atoms with Crippen molar-refractivity contribution in [2.45, 2.75) is 6.54 Å². The first-order valence-electron chi connectivity index (χ1n) is 7.25. The van der Waals surface area contributed by atoms with E-state index in [1.165, 1.54) is 11.8 Å². The van der Waals surface area contributed by atoms with E-state index in [1.54, 1.807) is 4.90 Å². The van der Waals surface area contributed by atoms with E-state index in [1.807, 2.05) is 78.9 Å². The Morgan fingerprint density at radius 1 is 1.00 bits per heavy atom. The predicted molar refractivity (Wildman–Crippen MR) is 101 cm³/mol. The Labute approximate surface area is 145 Å². The van der Waals surface area contributed by atoms with Crippen LogP contribution < -0.4 is 0 Å². The summed E-state index contributed by atoms with van der Waals surface area (Å²) in [5.74, 6) is -0.0263. The van der Waals surface area contributed by atoms with Gasteiger partial charge in [0.25, 0.3) is 5.91 Å². The largest absolute Gasteiger partial charge is 0.288 e. The van der Waals surface area contributed by atoms with Crippen molar-refractivity contribution in [3.63, 3.8) is 0 Å². The molecule has 0 saturated carbocycles. The highest BCUT2D eigenvalue weighted by atomic mass is 32.2. The quantitative estimate of drug-likeness (QED) is 0.598. The first-order chi connectivity index (χ1) is 11.2. The summed E-state index contributed by atoms with van der Waals surface area (Å²) in [4.78, 5) is 14.8. The molecule has 1 amide bonds. The van der Waals surface area contributed by atoms with Crippen molar-refractivity contribution >= 4 is 40.3 Å². The fourth-order valence-corrected chi connectivity index (χ4v) is 3.43. The number of nitrogens with zero attached hydrogens (tertiary/aromatic N) is 1. The minimum absolute atomic E-state index is 0.0263. The zero-order chi connectivity index (χ0) is 16.1. The summed E-state index contributed by atoms with van der Waals surface area (Å²) in [6, 6.07) is 19.9. The smallest absolute Gasteiger partial charge is 0.266 e. The van der Waals surface area contributed by atoms with Gasteiger partial charge in [-0.1, -0.05) is 96.8 Å². The third-order valence-corrected chi connectivity index (χ3v) is 4.79. The van der Waals surface area contributed by atoms with E-state index in [0.29, 0.717) is 15.8 Å². The third kappa shape index (κ3) is 3.97. The molecular weight excluding hydrogens is 322 g/mol. The van der Waals surface area contributed by atoms with Crippen LogP contribution >= 0.6 is 24.0 Å². The molecule has 0 aliphatic carbocycles. The molecule has 2 nitrogen and oxygen atoms in total. The van der Waals surface area contributed by atoms with E-state index in [0.717, 1.165) is 11.1 Å². The Balaban J connectivity index is 1.71. The number of amides is 1. The van der Waals surface area contributed by atoms with Crippen LogP contribution in [0.15, 0.2) is 77.7 Å². The summed E-state index contributed by atoms with van der Waals surface area (Å²) in [7, 11) is 0. The molecule has 0 spiro atoms. The van der Waals surface area contributed by atoms with E-state index in [2.05, 4.69) is 0 Å². The Hall–Kier alpha value is -2.17. The summed E-state index contributed by atoms with van der Waals surface area (Å²) in [6.45, 7) is 0.519. The number of hydrogen-bond donors (Lipinski definition) is 0. The normalized spacial score (nSPS) is 16.7. The average molecular weight is 337 g/mol. The lowest BCUT2D eigenvalue weighted by Crippen LogP contribution is -2.27. The average Bonchev–Trinajstić information content (AvgIpc) is 2.85. The number of carbonyl (C=O) groups excluding carboxylic acids is 1. The fraction of sp³-hybridized carbons (Fsp3) is 0.0526. The van der Waals surface area contributed by atoms with Crippen LogP contribution in [0.1, 0.15) is 11.1 Å². The second-order valence-corrected chi connectivity index (χ2v) is 6.72. The standard InChI is InChI=1S/C19H15NOS2/c21-18-17(13-7-12-15-8-3-1-4-9-15)23-19(22)20(18)14-16-10-5-2-6-11-16/h1-13H,14H2/b12-7+,17-13+. The van der Waals surface area contributed by atoms with Gasteiger partial charge in [0, 0.05) is 0 Å². The zero-order valence-electron chi connectivity index (χ0n) is 12.4. The van der Waals surface area contributed by atoms with Crippen LogP contribution in [0.5, 0.6) is 0 Å². The molecule has 0 aromatic heterocycles. The predicted octanol–water partition coefficient (Wildman–Crippen LogP) is 4.64. The van der Waals surface area contributed by atoms with Gasteiger partial charge in [-0.05, 0) is 17.2 Å². The van der Waals surface area contributed by atoms with Crippen molar-refractivity contribution < 1.29 is 4.79 Å². The van der Waals surface area contributed by atoms with Crippen molar-refractivity contribution in [1.29, 1.82) is 0 Å². The van der Waals surface area contributed by atoms with Crippen molar-refractivity contribution in [3.8, 4) is 0 Å². The number of rotatable bonds is 4. The van der Waals surface area contributed by atoms with Gasteiger partial charge in [-0.2, -0.15) is 0 Å². The van der Waals surface area contributed by atoms with Crippen LogP contribution in [0.25, 0.3) is 6.08 Å². The van der Waals surface area contributed by atoms with E-state index in [4.69, 9.17) is 12.2 Å². The molecular formula is C19H15NOS2. The van der Waals surface area contributed by atoms with Crippen LogP contribution in [0, 0.1) is 0 Å². The molecule has 1 fully saturated rings. The summed E-state index contributed by atoms with van der Waals surface area (Å²) >= 11 is 6.69. The van der Waals surface area contributed by atoms with Crippen LogP contribution in [0.3, 0.4) is 0 Å². The molecule has 0 radical (unpaired) electrons. The molecule has 0 N–H and O–H groups in total. The van der Waals surface area contributed by atoms with Crippen molar-refractivity contribution in [1.82, 2.24) is 4.90 Å². The van der Waals surface area contributed by atoms with E-state index in [-0.39, 0.29) is 5.91 Å². The van der Waals surface area contributed by atoms with Gasteiger partial charge in [0.1, 0.15) is 4.32 Å². The topological polar surface area (TPSA) is 20.3 Å². The van der Waals surface area contributed by atoms with Gasteiger partial charge in [0.05, 0.1) is 11.4 Å². The van der Waals surface area contributed by atoms with Gasteiger partial charge in [-0.25, -0.2) is 0 Å². The molecule has 2 aromatic rings. The Morgan fingerprint density at radius 3 is 2.35 bits per heavy atom. The lowest BCUT2D eigenvalue weighted by Gasteiger charge is -2.14. The first kappa shape index (κ1) is 15.7. The number of hydrogen-bond acceptors (Lipinski definition) is 3. The molecule has 1 saturated heterocycles. The van der Waals surface area contributed by atoms with Gasteiger partial charge in [-0.3, -0.25) is 9.69 Å². The molecule has 1 aliphatic heterocycles. The second kappa shape index (κ2) is 7.40. The minimum atomic E-state index is -0.0263. The number of benzene rings is 2. The van der Waals surface area contributed by atoms with E-state index in [9.17, 15) is 4.79 Å². The van der Waals surface area contributed by atoms with Gasteiger partial charge in [0.15, 0.2) is 0 Å². The summed E-state index contributed by atoms with van der Waals surface area (Å²) in [6.07, 6.45) is 5.70. The second-order valence-electron chi connectivity index (χ2n) is 5.05. The van der Waals surface area contributed by atoms with Gasteiger partial charge in [0.2, 0.25) is 0 Å². The lowest BCUT2D eigenvalue weighted by molar-refractivity contribution is -0.122. The van der Waals surface area contributed by atoms with Crippen LogP contribution in [0.4, 0.5) is 0 Å². The molecule has 1 aliphatic rings.